The molecular weight excluding hydrogens is 341 g/mol. The van der Waals surface area contributed by atoms with Crippen LogP contribution in [0.15, 0.2) is 24.3 Å². The largest absolute Gasteiger partial charge is 0.481 e. The second kappa shape index (κ2) is 5.57. The molecular formula is C14H18INO2. The Morgan fingerprint density at radius 3 is 2.61 bits per heavy atom. The molecule has 1 fully saturated rings. The number of benzene rings is 1. The minimum atomic E-state index is -0.643. The van der Waals surface area contributed by atoms with Crippen molar-refractivity contribution < 1.29 is 9.90 Å². The van der Waals surface area contributed by atoms with E-state index in [9.17, 15) is 9.90 Å². The van der Waals surface area contributed by atoms with Gasteiger partial charge in [0.15, 0.2) is 0 Å². The third kappa shape index (κ3) is 2.85. The van der Waals surface area contributed by atoms with Gasteiger partial charge in [0.2, 0.25) is 0 Å². The van der Waals surface area contributed by atoms with Gasteiger partial charge in [-0.25, -0.2) is 0 Å². The Balaban J connectivity index is 2.01. The number of hydrogen-bond acceptors (Lipinski definition) is 2. The molecule has 0 saturated carbocycles. The molecule has 1 aliphatic rings. The molecule has 1 aromatic carbocycles. The summed E-state index contributed by atoms with van der Waals surface area (Å²) in [5.74, 6) is -0.643. The van der Waals surface area contributed by atoms with Crippen molar-refractivity contribution in [3.8, 4) is 0 Å². The van der Waals surface area contributed by atoms with Crippen LogP contribution in [0.5, 0.6) is 0 Å². The molecule has 0 bridgehead atoms. The number of carbonyl (C=O) groups is 1. The number of halogens is 1. The first-order valence-electron chi connectivity index (χ1n) is 6.26. The fourth-order valence-electron chi connectivity index (χ4n) is 2.56. The minimum Gasteiger partial charge on any atom is -0.481 e. The van der Waals surface area contributed by atoms with Crippen molar-refractivity contribution in [3.05, 3.63) is 33.4 Å². The SMILES string of the molecule is CCC1(C(=O)O)CCN(Cc2ccc(I)cc2)C1. The predicted octanol–water partition coefficient (Wildman–Crippen LogP) is 2.98. The van der Waals surface area contributed by atoms with Gasteiger partial charge in [-0.05, 0) is 59.7 Å². The first-order valence-corrected chi connectivity index (χ1v) is 7.34. The van der Waals surface area contributed by atoms with Crippen molar-refractivity contribution >= 4 is 28.6 Å². The van der Waals surface area contributed by atoms with Gasteiger partial charge in [-0.15, -0.1) is 0 Å². The molecule has 98 valence electrons. The highest BCUT2D eigenvalue weighted by atomic mass is 127. The van der Waals surface area contributed by atoms with E-state index in [0.29, 0.717) is 13.0 Å². The number of carboxylic acid groups (broad SMARTS) is 1. The Hall–Kier alpha value is -0.620. The van der Waals surface area contributed by atoms with Crippen LogP contribution in [-0.2, 0) is 11.3 Å². The monoisotopic (exact) mass is 359 g/mol. The summed E-state index contributed by atoms with van der Waals surface area (Å²) in [6.07, 6.45) is 1.48. The third-order valence-corrected chi connectivity index (χ3v) is 4.60. The van der Waals surface area contributed by atoms with E-state index in [1.54, 1.807) is 0 Å². The Morgan fingerprint density at radius 1 is 1.44 bits per heavy atom. The van der Waals surface area contributed by atoms with Gasteiger partial charge in [-0.2, -0.15) is 0 Å². The third-order valence-electron chi connectivity index (χ3n) is 3.88. The van der Waals surface area contributed by atoms with E-state index >= 15 is 0 Å². The number of aliphatic carboxylic acids is 1. The van der Waals surface area contributed by atoms with Crippen LogP contribution in [0.1, 0.15) is 25.3 Å². The standard InChI is InChI=1S/C14H18INO2/c1-2-14(13(17)18)7-8-16(10-14)9-11-3-5-12(15)6-4-11/h3-6H,2,7-10H2,1H3,(H,17,18). The maximum atomic E-state index is 11.4. The molecule has 0 amide bonds. The highest BCUT2D eigenvalue weighted by Crippen LogP contribution is 2.34. The number of likely N-dealkylation sites (tertiary alicyclic amines) is 1. The molecule has 1 heterocycles. The minimum absolute atomic E-state index is 0.525. The molecule has 3 nitrogen and oxygen atoms in total. The van der Waals surface area contributed by atoms with Crippen LogP contribution in [0.25, 0.3) is 0 Å². The summed E-state index contributed by atoms with van der Waals surface area (Å²) in [5.41, 5.74) is 0.733. The Morgan fingerprint density at radius 2 is 2.11 bits per heavy atom. The molecule has 0 aliphatic carbocycles. The van der Waals surface area contributed by atoms with Gasteiger partial charge < -0.3 is 5.11 Å². The van der Waals surface area contributed by atoms with E-state index in [-0.39, 0.29) is 0 Å². The van der Waals surface area contributed by atoms with E-state index in [1.807, 2.05) is 6.92 Å². The summed E-state index contributed by atoms with van der Waals surface area (Å²) in [5, 5.41) is 9.36. The fourth-order valence-corrected chi connectivity index (χ4v) is 2.92. The summed E-state index contributed by atoms with van der Waals surface area (Å²) in [7, 11) is 0. The van der Waals surface area contributed by atoms with Crippen LogP contribution >= 0.6 is 22.6 Å². The maximum absolute atomic E-state index is 11.4. The smallest absolute Gasteiger partial charge is 0.310 e. The summed E-state index contributed by atoms with van der Waals surface area (Å²) in [6.45, 7) is 4.38. The van der Waals surface area contributed by atoms with Gasteiger partial charge in [0.05, 0.1) is 5.41 Å². The highest BCUT2D eigenvalue weighted by Gasteiger charge is 2.42. The van der Waals surface area contributed by atoms with E-state index in [1.165, 1.54) is 9.13 Å². The molecule has 0 aromatic heterocycles. The molecule has 1 unspecified atom stereocenters. The van der Waals surface area contributed by atoms with Crippen LogP contribution in [-0.4, -0.2) is 29.1 Å². The highest BCUT2D eigenvalue weighted by molar-refractivity contribution is 14.1. The van der Waals surface area contributed by atoms with Crippen LogP contribution < -0.4 is 0 Å². The zero-order valence-electron chi connectivity index (χ0n) is 10.5. The zero-order chi connectivity index (χ0) is 13.2. The van der Waals surface area contributed by atoms with Gasteiger partial charge in [-0.1, -0.05) is 19.1 Å². The lowest BCUT2D eigenvalue weighted by atomic mass is 9.84. The molecule has 1 aliphatic heterocycles. The Bertz CT molecular complexity index is 432. The van der Waals surface area contributed by atoms with Crippen molar-refractivity contribution in [1.82, 2.24) is 4.90 Å². The molecule has 4 heteroatoms. The van der Waals surface area contributed by atoms with E-state index in [0.717, 1.165) is 19.5 Å². The summed E-state index contributed by atoms with van der Waals surface area (Å²) in [4.78, 5) is 13.6. The number of carboxylic acids is 1. The molecule has 0 radical (unpaired) electrons. The summed E-state index contributed by atoms with van der Waals surface area (Å²) in [6, 6.07) is 8.43. The topological polar surface area (TPSA) is 40.5 Å². The molecule has 1 atom stereocenters. The van der Waals surface area contributed by atoms with E-state index < -0.39 is 11.4 Å². The molecule has 1 N–H and O–H groups in total. The fraction of sp³-hybridized carbons (Fsp3) is 0.500. The zero-order valence-corrected chi connectivity index (χ0v) is 12.7. The van der Waals surface area contributed by atoms with Gasteiger partial charge in [-0.3, -0.25) is 9.69 Å². The van der Waals surface area contributed by atoms with Crippen molar-refractivity contribution in [1.29, 1.82) is 0 Å². The Kier molecular flexibility index (Phi) is 4.27. The van der Waals surface area contributed by atoms with Crippen LogP contribution in [0.3, 0.4) is 0 Å². The van der Waals surface area contributed by atoms with E-state index in [2.05, 4.69) is 51.8 Å². The molecule has 1 saturated heterocycles. The van der Waals surface area contributed by atoms with Gasteiger partial charge in [0.1, 0.15) is 0 Å². The van der Waals surface area contributed by atoms with Gasteiger partial charge in [0, 0.05) is 16.7 Å². The van der Waals surface area contributed by atoms with Gasteiger partial charge in [0.25, 0.3) is 0 Å². The first kappa shape index (κ1) is 13.8. The molecule has 18 heavy (non-hydrogen) atoms. The van der Waals surface area contributed by atoms with Gasteiger partial charge >= 0.3 is 5.97 Å². The van der Waals surface area contributed by atoms with Crippen molar-refractivity contribution in [2.75, 3.05) is 13.1 Å². The normalized spacial score (nSPS) is 24.3. The molecule has 2 rings (SSSR count). The lowest BCUT2D eigenvalue weighted by Crippen LogP contribution is -2.33. The lowest BCUT2D eigenvalue weighted by Gasteiger charge is -2.23. The maximum Gasteiger partial charge on any atom is 0.310 e. The van der Waals surface area contributed by atoms with Crippen molar-refractivity contribution in [2.24, 2.45) is 5.41 Å². The average Bonchev–Trinajstić information content (AvgIpc) is 2.77. The second-order valence-corrected chi connectivity index (χ2v) is 6.27. The first-order chi connectivity index (χ1) is 8.55. The second-order valence-electron chi connectivity index (χ2n) is 5.03. The lowest BCUT2D eigenvalue weighted by molar-refractivity contribution is -0.148. The van der Waals surface area contributed by atoms with Crippen LogP contribution in [0.4, 0.5) is 0 Å². The van der Waals surface area contributed by atoms with E-state index in [4.69, 9.17) is 0 Å². The number of hydrogen-bond donors (Lipinski definition) is 1. The average molecular weight is 359 g/mol. The summed E-state index contributed by atoms with van der Waals surface area (Å²) >= 11 is 2.29. The number of nitrogens with zero attached hydrogens (tertiary/aromatic N) is 1. The Labute approximate surface area is 121 Å². The quantitative estimate of drug-likeness (QED) is 0.841. The molecule has 1 aromatic rings. The van der Waals surface area contributed by atoms with Crippen molar-refractivity contribution in [3.63, 3.8) is 0 Å². The molecule has 0 spiro atoms. The van der Waals surface area contributed by atoms with Crippen molar-refractivity contribution in [2.45, 2.75) is 26.3 Å². The van der Waals surface area contributed by atoms with Crippen LogP contribution in [0, 0.1) is 8.99 Å². The van der Waals surface area contributed by atoms with Crippen LogP contribution in [0.2, 0.25) is 0 Å². The number of rotatable bonds is 4. The predicted molar refractivity (Wildman–Crippen MR) is 79.4 cm³/mol. The summed E-state index contributed by atoms with van der Waals surface area (Å²) < 4.78 is 1.23.